The normalized spacial score (nSPS) is 23.7. The van der Waals surface area contributed by atoms with Crippen molar-refractivity contribution in [3.8, 4) is 0 Å². The smallest absolute Gasteiger partial charge is 0.274 e. The zero-order valence-corrected chi connectivity index (χ0v) is 10.7. The lowest BCUT2D eigenvalue weighted by Crippen LogP contribution is -2.32. The maximum atomic E-state index is 10.9. The van der Waals surface area contributed by atoms with Crippen molar-refractivity contribution in [3.63, 3.8) is 0 Å². The minimum Gasteiger partial charge on any atom is -0.382 e. The number of nitro benzene ring substituents is 1. The quantitative estimate of drug-likeness (QED) is 0.661. The van der Waals surface area contributed by atoms with E-state index in [1.807, 2.05) is 13.0 Å². The molecule has 0 bridgehead atoms. The van der Waals surface area contributed by atoms with Gasteiger partial charge >= 0.3 is 0 Å². The van der Waals surface area contributed by atoms with Crippen LogP contribution in [0.2, 0.25) is 0 Å². The van der Waals surface area contributed by atoms with E-state index in [9.17, 15) is 10.1 Å². The summed E-state index contributed by atoms with van der Waals surface area (Å²) < 4.78 is 5.49. The van der Waals surface area contributed by atoms with E-state index < -0.39 is 0 Å². The van der Waals surface area contributed by atoms with E-state index in [2.05, 4.69) is 5.32 Å². The number of nitrogens with one attached hydrogen (secondary N) is 1. The highest BCUT2D eigenvalue weighted by molar-refractivity contribution is 5.60. The zero-order valence-electron chi connectivity index (χ0n) is 10.7. The first-order chi connectivity index (χ1) is 8.58. The maximum Gasteiger partial charge on any atom is 0.274 e. The lowest BCUT2D eigenvalue weighted by atomic mass is 10.0. The van der Waals surface area contributed by atoms with Crippen LogP contribution in [0.25, 0.3) is 0 Å². The molecule has 1 heterocycles. The fraction of sp³-hybridized carbons (Fsp3) is 0.538. The molecule has 1 fully saturated rings. The molecule has 5 nitrogen and oxygen atoms in total. The van der Waals surface area contributed by atoms with E-state index in [4.69, 9.17) is 4.74 Å². The Bertz CT molecular complexity index is 448. The third kappa shape index (κ3) is 2.79. The topological polar surface area (TPSA) is 64.4 Å². The molecular weight excluding hydrogens is 232 g/mol. The van der Waals surface area contributed by atoms with Crippen LogP contribution >= 0.6 is 0 Å². The van der Waals surface area contributed by atoms with Gasteiger partial charge in [0.1, 0.15) is 0 Å². The predicted octanol–water partition coefficient (Wildman–Crippen LogP) is 2.88. The van der Waals surface area contributed by atoms with Crippen molar-refractivity contribution >= 4 is 11.4 Å². The second kappa shape index (κ2) is 5.35. The Kier molecular flexibility index (Phi) is 3.81. The van der Waals surface area contributed by atoms with Crippen molar-refractivity contribution in [1.29, 1.82) is 0 Å². The van der Waals surface area contributed by atoms with Gasteiger partial charge in [-0.1, -0.05) is 6.07 Å². The Balaban J connectivity index is 2.14. The summed E-state index contributed by atoms with van der Waals surface area (Å²) in [6.45, 7) is 4.57. The Labute approximate surface area is 106 Å². The number of nitro groups is 1. The molecular formula is C13H18N2O3. The van der Waals surface area contributed by atoms with E-state index >= 15 is 0 Å². The van der Waals surface area contributed by atoms with Gasteiger partial charge in [-0.3, -0.25) is 10.1 Å². The van der Waals surface area contributed by atoms with E-state index in [-0.39, 0.29) is 16.7 Å². The molecule has 1 aliphatic rings. The van der Waals surface area contributed by atoms with Crippen molar-refractivity contribution in [1.82, 2.24) is 0 Å². The minimum atomic E-state index is -0.340. The molecule has 0 saturated carbocycles. The maximum absolute atomic E-state index is 10.9. The fourth-order valence-electron chi connectivity index (χ4n) is 2.33. The van der Waals surface area contributed by atoms with Crippen LogP contribution in [0.5, 0.6) is 0 Å². The molecule has 98 valence electrons. The molecule has 0 radical (unpaired) electrons. The Morgan fingerprint density at radius 2 is 2.28 bits per heavy atom. The van der Waals surface area contributed by atoms with Gasteiger partial charge in [0.25, 0.3) is 5.69 Å². The van der Waals surface area contributed by atoms with Crippen LogP contribution in [0.3, 0.4) is 0 Å². The second-order valence-electron chi connectivity index (χ2n) is 4.75. The lowest BCUT2D eigenvalue weighted by molar-refractivity contribution is -0.385. The second-order valence-corrected chi connectivity index (χ2v) is 4.75. The summed E-state index contributed by atoms with van der Waals surface area (Å²) in [6.07, 6.45) is 2.12. The molecule has 0 aliphatic carbocycles. The van der Waals surface area contributed by atoms with Crippen molar-refractivity contribution in [3.05, 3.63) is 33.9 Å². The minimum absolute atomic E-state index is 0.167. The molecule has 18 heavy (non-hydrogen) atoms. The summed E-state index contributed by atoms with van der Waals surface area (Å²) in [5.41, 5.74) is 1.71. The summed E-state index contributed by atoms with van der Waals surface area (Å²) in [5, 5.41) is 14.3. The van der Waals surface area contributed by atoms with Crippen molar-refractivity contribution in [2.24, 2.45) is 0 Å². The summed E-state index contributed by atoms with van der Waals surface area (Å²) in [5.74, 6) is 0. The van der Waals surface area contributed by atoms with Crippen LogP contribution < -0.4 is 5.32 Å². The van der Waals surface area contributed by atoms with Crippen LogP contribution in [-0.4, -0.2) is 23.7 Å². The van der Waals surface area contributed by atoms with Gasteiger partial charge in [-0.25, -0.2) is 0 Å². The average molecular weight is 250 g/mol. The van der Waals surface area contributed by atoms with Gasteiger partial charge in [0.2, 0.25) is 0 Å². The van der Waals surface area contributed by atoms with Crippen LogP contribution in [0.15, 0.2) is 18.2 Å². The van der Waals surface area contributed by atoms with Gasteiger partial charge in [0.15, 0.2) is 0 Å². The van der Waals surface area contributed by atoms with E-state index in [1.165, 1.54) is 6.07 Å². The Hall–Kier alpha value is -1.62. The first-order valence-electron chi connectivity index (χ1n) is 6.20. The molecule has 0 spiro atoms. The number of nitrogens with zero attached hydrogens (tertiary/aromatic N) is 1. The first kappa shape index (κ1) is 12.8. The number of anilines is 1. The highest BCUT2D eigenvalue weighted by atomic mass is 16.6. The summed E-state index contributed by atoms with van der Waals surface area (Å²) in [4.78, 5) is 10.5. The van der Waals surface area contributed by atoms with E-state index in [1.54, 1.807) is 13.0 Å². The largest absolute Gasteiger partial charge is 0.382 e. The third-order valence-electron chi connectivity index (χ3n) is 3.35. The molecule has 1 aromatic carbocycles. The molecule has 1 saturated heterocycles. The van der Waals surface area contributed by atoms with Crippen molar-refractivity contribution < 1.29 is 9.66 Å². The van der Waals surface area contributed by atoms with Crippen LogP contribution in [0.4, 0.5) is 11.4 Å². The molecule has 0 aromatic heterocycles. The number of hydrogen-bond donors (Lipinski definition) is 1. The predicted molar refractivity (Wildman–Crippen MR) is 69.9 cm³/mol. The molecule has 2 unspecified atom stereocenters. The third-order valence-corrected chi connectivity index (χ3v) is 3.35. The average Bonchev–Trinajstić information content (AvgIpc) is 2.31. The van der Waals surface area contributed by atoms with Crippen LogP contribution in [-0.2, 0) is 4.74 Å². The van der Waals surface area contributed by atoms with Gasteiger partial charge in [0.05, 0.1) is 11.0 Å². The SMILES string of the molecule is Cc1c(NC2CCOC(C)C2)cccc1[N+](=O)[O-]. The molecule has 5 heteroatoms. The fourth-order valence-corrected chi connectivity index (χ4v) is 2.33. The molecule has 1 N–H and O–H groups in total. The number of ether oxygens (including phenoxy) is 1. The highest BCUT2D eigenvalue weighted by Gasteiger charge is 2.21. The molecule has 0 amide bonds. The van der Waals surface area contributed by atoms with Gasteiger partial charge in [-0.2, -0.15) is 0 Å². The zero-order chi connectivity index (χ0) is 13.1. The van der Waals surface area contributed by atoms with Gasteiger partial charge < -0.3 is 10.1 Å². The van der Waals surface area contributed by atoms with E-state index in [0.717, 1.165) is 25.1 Å². The molecule has 2 rings (SSSR count). The lowest BCUT2D eigenvalue weighted by Gasteiger charge is -2.29. The van der Waals surface area contributed by atoms with Gasteiger partial charge in [-0.05, 0) is 32.8 Å². The van der Waals surface area contributed by atoms with Crippen LogP contribution in [0.1, 0.15) is 25.3 Å². The van der Waals surface area contributed by atoms with Crippen LogP contribution in [0, 0.1) is 17.0 Å². The Morgan fingerprint density at radius 3 is 2.94 bits per heavy atom. The monoisotopic (exact) mass is 250 g/mol. The first-order valence-corrected chi connectivity index (χ1v) is 6.20. The van der Waals surface area contributed by atoms with Crippen molar-refractivity contribution in [2.45, 2.75) is 38.8 Å². The summed E-state index contributed by atoms with van der Waals surface area (Å²) >= 11 is 0. The molecule has 2 atom stereocenters. The number of hydrogen-bond acceptors (Lipinski definition) is 4. The molecule has 1 aromatic rings. The van der Waals surface area contributed by atoms with E-state index in [0.29, 0.717) is 11.6 Å². The standard InChI is InChI=1S/C13H18N2O3/c1-9-8-11(6-7-18-9)14-12-4-3-5-13(10(12)2)15(16)17/h3-5,9,11,14H,6-8H2,1-2H3. The van der Waals surface area contributed by atoms with Gasteiger partial charge in [-0.15, -0.1) is 0 Å². The summed E-state index contributed by atoms with van der Waals surface area (Å²) in [6, 6.07) is 5.47. The Morgan fingerprint density at radius 1 is 1.50 bits per heavy atom. The highest BCUT2D eigenvalue weighted by Crippen LogP contribution is 2.27. The number of rotatable bonds is 3. The van der Waals surface area contributed by atoms with Gasteiger partial charge in [0, 0.05) is 30.0 Å². The van der Waals surface area contributed by atoms with Crippen molar-refractivity contribution in [2.75, 3.05) is 11.9 Å². The summed E-state index contributed by atoms with van der Waals surface area (Å²) in [7, 11) is 0. The number of benzene rings is 1. The molecule has 1 aliphatic heterocycles.